The molecule has 32 heavy (non-hydrogen) atoms. The summed E-state index contributed by atoms with van der Waals surface area (Å²) >= 11 is 0. The van der Waals surface area contributed by atoms with Gasteiger partial charge in [-0.25, -0.2) is 4.39 Å². The highest BCUT2D eigenvalue weighted by atomic mass is 32.2. The molecule has 0 saturated carbocycles. The molecule has 0 amide bonds. The highest BCUT2D eigenvalue weighted by Crippen LogP contribution is 2.37. The molecule has 3 aromatic carbocycles. The highest BCUT2D eigenvalue weighted by molar-refractivity contribution is 7.87. The normalized spacial score (nSPS) is 14.1. The average Bonchev–Trinajstić information content (AvgIpc) is 3.08. The molecule has 1 aliphatic heterocycles. The van der Waals surface area contributed by atoms with Gasteiger partial charge in [0.05, 0.1) is 19.8 Å². The zero-order chi connectivity index (χ0) is 22.9. The highest BCUT2D eigenvalue weighted by Gasteiger charge is 2.29. The molecule has 3 aromatic rings. The Labute approximate surface area is 183 Å². The van der Waals surface area contributed by atoms with Crippen LogP contribution in [0, 0.1) is 5.82 Å². The van der Waals surface area contributed by atoms with Crippen molar-refractivity contribution < 1.29 is 36.0 Å². The SMILES string of the molecule is COc1ccc(OC)c(C=C2Oc3cc(OS(=O)(=O)c4ccc(F)cc4)ccc3C2=O)c1. The number of Topliss-reactive ketones (excluding diaryl/α,β-unsaturated/α-hetero) is 1. The quantitative estimate of drug-likeness (QED) is 0.405. The zero-order valence-corrected chi connectivity index (χ0v) is 17.8. The lowest BCUT2D eigenvalue weighted by Gasteiger charge is -2.08. The first-order valence-corrected chi connectivity index (χ1v) is 10.7. The largest absolute Gasteiger partial charge is 0.497 e. The van der Waals surface area contributed by atoms with Gasteiger partial charge in [-0.1, -0.05) is 0 Å². The molecule has 0 fully saturated rings. The number of halogens is 1. The Morgan fingerprint density at radius 3 is 2.31 bits per heavy atom. The summed E-state index contributed by atoms with van der Waals surface area (Å²) in [7, 11) is -1.17. The fourth-order valence-corrected chi connectivity index (χ4v) is 4.01. The van der Waals surface area contributed by atoms with Crippen LogP contribution >= 0.6 is 0 Å². The van der Waals surface area contributed by atoms with Crippen LogP contribution in [0.2, 0.25) is 0 Å². The van der Waals surface area contributed by atoms with Gasteiger partial charge in [0, 0.05) is 11.6 Å². The van der Waals surface area contributed by atoms with Crippen molar-refractivity contribution in [1.82, 2.24) is 0 Å². The molecule has 0 atom stereocenters. The maximum absolute atomic E-state index is 13.1. The second-order valence-corrected chi connectivity index (χ2v) is 8.24. The summed E-state index contributed by atoms with van der Waals surface area (Å²) in [6.45, 7) is 0. The molecule has 4 rings (SSSR count). The number of benzene rings is 3. The Hall–Kier alpha value is -3.85. The van der Waals surface area contributed by atoms with E-state index in [-0.39, 0.29) is 33.5 Å². The molecule has 0 aromatic heterocycles. The number of methoxy groups -OCH3 is 2. The lowest BCUT2D eigenvalue weighted by Crippen LogP contribution is -2.09. The van der Waals surface area contributed by atoms with Crippen LogP contribution < -0.4 is 18.4 Å². The summed E-state index contributed by atoms with van der Waals surface area (Å²) in [6.07, 6.45) is 1.51. The van der Waals surface area contributed by atoms with Gasteiger partial charge >= 0.3 is 10.1 Å². The molecule has 0 aliphatic carbocycles. The van der Waals surface area contributed by atoms with Gasteiger partial charge in [-0.15, -0.1) is 0 Å². The summed E-state index contributed by atoms with van der Waals surface area (Å²) in [5.74, 6) is 0.265. The molecule has 9 heteroatoms. The average molecular weight is 456 g/mol. The number of ether oxygens (including phenoxy) is 3. The van der Waals surface area contributed by atoms with Crippen molar-refractivity contribution in [2.75, 3.05) is 14.2 Å². The molecule has 7 nitrogen and oxygen atoms in total. The van der Waals surface area contributed by atoms with E-state index in [0.29, 0.717) is 17.1 Å². The Morgan fingerprint density at radius 2 is 1.62 bits per heavy atom. The Balaban J connectivity index is 1.62. The number of carbonyl (C=O) groups excluding carboxylic acids is 1. The van der Waals surface area contributed by atoms with Gasteiger partial charge in [-0.3, -0.25) is 4.79 Å². The van der Waals surface area contributed by atoms with E-state index in [1.54, 1.807) is 18.2 Å². The van der Waals surface area contributed by atoms with Gasteiger partial charge in [0.25, 0.3) is 0 Å². The van der Waals surface area contributed by atoms with Gasteiger partial charge < -0.3 is 18.4 Å². The molecule has 0 saturated heterocycles. The first kappa shape index (κ1) is 21.4. The Morgan fingerprint density at radius 1 is 0.906 bits per heavy atom. The van der Waals surface area contributed by atoms with E-state index in [2.05, 4.69) is 0 Å². The number of hydrogen-bond acceptors (Lipinski definition) is 7. The van der Waals surface area contributed by atoms with Crippen molar-refractivity contribution in [1.29, 1.82) is 0 Å². The minimum Gasteiger partial charge on any atom is -0.497 e. The van der Waals surface area contributed by atoms with Crippen molar-refractivity contribution in [2.45, 2.75) is 4.90 Å². The molecule has 0 spiro atoms. The van der Waals surface area contributed by atoms with Crippen LogP contribution in [0.15, 0.2) is 71.3 Å². The molecule has 0 N–H and O–H groups in total. The summed E-state index contributed by atoms with van der Waals surface area (Å²) in [6, 6.07) is 13.4. The van der Waals surface area contributed by atoms with Crippen molar-refractivity contribution in [2.24, 2.45) is 0 Å². The van der Waals surface area contributed by atoms with Gasteiger partial charge in [0.2, 0.25) is 5.78 Å². The van der Waals surface area contributed by atoms with E-state index in [4.69, 9.17) is 18.4 Å². The van der Waals surface area contributed by atoms with E-state index in [1.165, 1.54) is 38.5 Å². The number of fused-ring (bicyclic) bond motifs is 1. The third-order valence-corrected chi connectivity index (χ3v) is 5.93. The predicted octanol–water partition coefficient (Wildman–Crippen LogP) is 4.23. The van der Waals surface area contributed by atoms with Crippen LogP contribution in [0.1, 0.15) is 15.9 Å². The number of allylic oxidation sites excluding steroid dienone is 1. The summed E-state index contributed by atoms with van der Waals surface area (Å²) < 4.78 is 59.2. The second kappa shape index (κ2) is 8.35. The first-order valence-electron chi connectivity index (χ1n) is 9.31. The molecule has 164 valence electrons. The van der Waals surface area contributed by atoms with Crippen molar-refractivity contribution in [3.05, 3.63) is 83.4 Å². The summed E-state index contributed by atoms with van der Waals surface area (Å²) in [5, 5.41) is 0. The minimum absolute atomic E-state index is 0.0325. The molecule has 0 unspecified atom stereocenters. The van der Waals surface area contributed by atoms with Crippen LogP contribution in [-0.4, -0.2) is 28.4 Å². The molecule has 0 radical (unpaired) electrons. The van der Waals surface area contributed by atoms with Crippen LogP contribution in [0.5, 0.6) is 23.0 Å². The lowest BCUT2D eigenvalue weighted by molar-refractivity contribution is 0.101. The van der Waals surface area contributed by atoms with Crippen LogP contribution in [-0.2, 0) is 10.1 Å². The smallest absolute Gasteiger partial charge is 0.339 e. The van der Waals surface area contributed by atoms with Gasteiger partial charge in [-0.2, -0.15) is 8.42 Å². The van der Waals surface area contributed by atoms with E-state index < -0.39 is 15.9 Å². The Kier molecular flexibility index (Phi) is 5.58. The zero-order valence-electron chi connectivity index (χ0n) is 17.0. The third-order valence-electron chi connectivity index (χ3n) is 4.67. The molecular weight excluding hydrogens is 439 g/mol. The van der Waals surface area contributed by atoms with Crippen LogP contribution in [0.25, 0.3) is 6.08 Å². The number of ketones is 1. The maximum atomic E-state index is 13.1. The topological polar surface area (TPSA) is 88.1 Å². The standard InChI is InChI=1S/C23H17FO7S/c1-28-16-6-10-20(29-2)14(11-16)12-22-23(25)19-9-5-17(13-21(19)30-22)31-32(26,27)18-7-3-15(24)4-8-18/h3-13H,1-2H3. The third kappa shape index (κ3) is 4.15. The molecule has 1 aliphatic rings. The van der Waals surface area contributed by atoms with E-state index in [1.807, 2.05) is 0 Å². The van der Waals surface area contributed by atoms with Crippen LogP contribution in [0.4, 0.5) is 4.39 Å². The Bertz CT molecular complexity index is 1330. The second-order valence-electron chi connectivity index (χ2n) is 6.70. The fraction of sp³-hybridized carbons (Fsp3) is 0.0870. The summed E-state index contributed by atoms with van der Waals surface area (Å²) in [4.78, 5) is 12.5. The van der Waals surface area contributed by atoms with E-state index >= 15 is 0 Å². The first-order chi connectivity index (χ1) is 15.3. The van der Waals surface area contributed by atoms with Gasteiger partial charge in [0.1, 0.15) is 33.7 Å². The lowest BCUT2D eigenvalue weighted by atomic mass is 10.1. The van der Waals surface area contributed by atoms with Crippen molar-refractivity contribution in [3.63, 3.8) is 0 Å². The fourth-order valence-electron chi connectivity index (χ4n) is 3.09. The molecular formula is C23H17FO7S. The molecule has 1 heterocycles. The minimum atomic E-state index is -4.19. The van der Waals surface area contributed by atoms with Crippen molar-refractivity contribution >= 4 is 22.0 Å². The molecule has 0 bridgehead atoms. The summed E-state index contributed by atoms with van der Waals surface area (Å²) in [5.41, 5.74) is 0.822. The van der Waals surface area contributed by atoms with Gasteiger partial charge in [-0.05, 0) is 60.7 Å². The monoisotopic (exact) mass is 456 g/mol. The maximum Gasteiger partial charge on any atom is 0.339 e. The van der Waals surface area contributed by atoms with E-state index in [0.717, 1.165) is 24.3 Å². The van der Waals surface area contributed by atoms with Crippen LogP contribution in [0.3, 0.4) is 0 Å². The number of carbonyl (C=O) groups is 1. The predicted molar refractivity (Wildman–Crippen MR) is 113 cm³/mol. The number of rotatable bonds is 6. The van der Waals surface area contributed by atoms with Crippen molar-refractivity contribution in [3.8, 4) is 23.0 Å². The van der Waals surface area contributed by atoms with E-state index in [9.17, 15) is 17.6 Å². The van der Waals surface area contributed by atoms with Gasteiger partial charge in [0.15, 0.2) is 5.76 Å². The number of hydrogen-bond donors (Lipinski definition) is 0.